The fourth-order valence-electron chi connectivity index (χ4n) is 1.43. The maximum Gasteiger partial charge on any atom is 0.256 e. The predicted octanol–water partition coefficient (Wildman–Crippen LogP) is 2.85. The molecule has 1 aromatic carbocycles. The van der Waals surface area contributed by atoms with E-state index < -0.39 is 4.84 Å². The minimum absolute atomic E-state index is 0.272. The van der Waals surface area contributed by atoms with Crippen LogP contribution in [0.15, 0.2) is 24.3 Å². The summed E-state index contributed by atoms with van der Waals surface area (Å²) in [6, 6.07) is 7.53. The van der Waals surface area contributed by atoms with Crippen LogP contribution in [0.3, 0.4) is 0 Å². The number of amides is 1. The molecule has 0 N–H and O–H groups in total. The zero-order valence-corrected chi connectivity index (χ0v) is 11.3. The Balaban J connectivity index is 2.70. The summed E-state index contributed by atoms with van der Waals surface area (Å²) in [4.78, 5) is 12.2. The highest BCUT2D eigenvalue weighted by Crippen LogP contribution is 2.15. The summed E-state index contributed by atoms with van der Waals surface area (Å²) >= 11 is 11.1. The molecule has 0 aliphatic rings. The summed E-state index contributed by atoms with van der Waals surface area (Å²) < 4.78 is 5.06. The summed E-state index contributed by atoms with van der Waals surface area (Å²) in [5.74, 6) is 0.516. The molecule has 0 unspecified atom stereocenters. The molecule has 0 fully saturated rings. The molecule has 0 saturated carbocycles. The predicted molar refractivity (Wildman–Crippen MR) is 69.6 cm³/mol. The van der Waals surface area contributed by atoms with Crippen LogP contribution in [-0.4, -0.2) is 29.3 Å². The highest BCUT2D eigenvalue weighted by atomic mass is 35.5. The molecule has 17 heavy (non-hydrogen) atoms. The fraction of sp³-hybridized carbons (Fsp3) is 0.417. The lowest BCUT2D eigenvalue weighted by atomic mass is 10.2. The molecule has 0 bridgehead atoms. The highest BCUT2D eigenvalue weighted by Gasteiger charge is 2.18. The van der Waals surface area contributed by atoms with E-state index in [1.54, 1.807) is 12.0 Å². The number of carbonyl (C=O) groups excluding carboxylic acids is 1. The van der Waals surface area contributed by atoms with Crippen molar-refractivity contribution in [1.82, 2.24) is 4.90 Å². The van der Waals surface area contributed by atoms with Crippen molar-refractivity contribution in [3.05, 3.63) is 29.8 Å². The van der Waals surface area contributed by atoms with Gasteiger partial charge in [0.15, 0.2) is 4.84 Å². The van der Waals surface area contributed by atoms with E-state index >= 15 is 0 Å². The quantitative estimate of drug-likeness (QED) is 0.774. The number of rotatable bonds is 5. The van der Waals surface area contributed by atoms with Crippen LogP contribution in [0.2, 0.25) is 0 Å². The Hall–Kier alpha value is -0.930. The Labute approximate surface area is 111 Å². The van der Waals surface area contributed by atoms with Crippen molar-refractivity contribution in [3.8, 4) is 5.75 Å². The second kappa shape index (κ2) is 6.72. The Bertz CT molecular complexity index is 365. The van der Waals surface area contributed by atoms with Gasteiger partial charge >= 0.3 is 0 Å². The number of ether oxygens (including phenoxy) is 1. The van der Waals surface area contributed by atoms with Gasteiger partial charge in [0, 0.05) is 13.1 Å². The van der Waals surface area contributed by atoms with Crippen molar-refractivity contribution in [2.75, 3.05) is 13.7 Å². The average Bonchev–Trinajstić information content (AvgIpc) is 2.35. The molecular formula is C12H15Cl2NO2. The first kappa shape index (κ1) is 14.1. The van der Waals surface area contributed by atoms with E-state index in [1.807, 2.05) is 31.2 Å². The maximum atomic E-state index is 11.6. The standard InChI is InChI=1S/C12H15Cl2NO2/c1-3-15(12(16)11(13)14)8-9-4-6-10(17-2)7-5-9/h4-7,11H,3,8H2,1-2H3. The van der Waals surface area contributed by atoms with Gasteiger partial charge in [0.05, 0.1) is 7.11 Å². The molecule has 1 aromatic rings. The Morgan fingerprint density at radius 3 is 2.35 bits per heavy atom. The first-order chi connectivity index (χ1) is 8.08. The SMILES string of the molecule is CCN(Cc1ccc(OC)cc1)C(=O)C(Cl)Cl. The van der Waals surface area contributed by atoms with E-state index in [9.17, 15) is 4.79 Å². The van der Waals surface area contributed by atoms with Crippen LogP contribution in [0, 0.1) is 0 Å². The van der Waals surface area contributed by atoms with Gasteiger partial charge in [-0.1, -0.05) is 35.3 Å². The van der Waals surface area contributed by atoms with Gasteiger partial charge in [0.1, 0.15) is 5.75 Å². The van der Waals surface area contributed by atoms with Crippen molar-refractivity contribution in [2.45, 2.75) is 18.3 Å². The highest BCUT2D eigenvalue weighted by molar-refractivity contribution is 6.53. The monoisotopic (exact) mass is 275 g/mol. The molecule has 0 aromatic heterocycles. The number of hydrogen-bond acceptors (Lipinski definition) is 2. The number of methoxy groups -OCH3 is 1. The van der Waals surface area contributed by atoms with Gasteiger partial charge in [-0.25, -0.2) is 0 Å². The third-order valence-corrected chi connectivity index (χ3v) is 2.79. The van der Waals surface area contributed by atoms with Gasteiger partial charge in [-0.3, -0.25) is 4.79 Å². The van der Waals surface area contributed by atoms with Crippen molar-refractivity contribution in [2.24, 2.45) is 0 Å². The second-order valence-corrected chi connectivity index (χ2v) is 4.60. The topological polar surface area (TPSA) is 29.5 Å². The van der Waals surface area contributed by atoms with Crippen molar-refractivity contribution < 1.29 is 9.53 Å². The molecule has 0 heterocycles. The van der Waals surface area contributed by atoms with Crippen LogP contribution in [0.25, 0.3) is 0 Å². The minimum Gasteiger partial charge on any atom is -0.497 e. The maximum absolute atomic E-state index is 11.6. The second-order valence-electron chi connectivity index (χ2n) is 3.50. The zero-order chi connectivity index (χ0) is 12.8. The molecule has 5 heteroatoms. The van der Waals surface area contributed by atoms with Gasteiger partial charge < -0.3 is 9.64 Å². The van der Waals surface area contributed by atoms with Gasteiger partial charge in [0.2, 0.25) is 0 Å². The molecule has 0 saturated heterocycles. The third-order valence-electron chi connectivity index (χ3n) is 2.41. The lowest BCUT2D eigenvalue weighted by Gasteiger charge is -2.21. The van der Waals surface area contributed by atoms with Crippen LogP contribution in [-0.2, 0) is 11.3 Å². The molecule has 1 amide bonds. The summed E-state index contributed by atoms with van der Waals surface area (Å²) in [6.07, 6.45) is 0. The number of nitrogens with zero attached hydrogens (tertiary/aromatic N) is 1. The molecule has 94 valence electrons. The van der Waals surface area contributed by atoms with Gasteiger partial charge in [-0.2, -0.15) is 0 Å². The van der Waals surface area contributed by atoms with Gasteiger partial charge in [-0.15, -0.1) is 0 Å². The van der Waals surface area contributed by atoms with Gasteiger partial charge in [-0.05, 0) is 24.6 Å². The van der Waals surface area contributed by atoms with E-state index in [2.05, 4.69) is 0 Å². The lowest BCUT2D eigenvalue weighted by Crippen LogP contribution is -2.34. The van der Waals surface area contributed by atoms with Crippen molar-refractivity contribution in [1.29, 1.82) is 0 Å². The number of alkyl halides is 2. The fourth-order valence-corrected chi connectivity index (χ4v) is 1.71. The number of carbonyl (C=O) groups is 1. The summed E-state index contributed by atoms with van der Waals surface area (Å²) in [5, 5.41) is 0. The Morgan fingerprint density at radius 1 is 1.35 bits per heavy atom. The Kier molecular flexibility index (Phi) is 5.59. The number of halogens is 2. The van der Waals surface area contributed by atoms with E-state index in [-0.39, 0.29) is 5.91 Å². The van der Waals surface area contributed by atoms with Gasteiger partial charge in [0.25, 0.3) is 5.91 Å². The smallest absolute Gasteiger partial charge is 0.256 e. The van der Waals surface area contributed by atoms with Crippen LogP contribution in [0.1, 0.15) is 12.5 Å². The molecule has 1 rings (SSSR count). The van der Waals surface area contributed by atoms with E-state index in [0.29, 0.717) is 13.1 Å². The van der Waals surface area contributed by atoms with Crippen molar-refractivity contribution >= 4 is 29.1 Å². The molecular weight excluding hydrogens is 261 g/mol. The van der Waals surface area contributed by atoms with Crippen LogP contribution in [0.4, 0.5) is 0 Å². The first-order valence-corrected chi connectivity index (χ1v) is 6.15. The van der Waals surface area contributed by atoms with Crippen LogP contribution in [0.5, 0.6) is 5.75 Å². The van der Waals surface area contributed by atoms with Crippen LogP contribution >= 0.6 is 23.2 Å². The molecule has 0 atom stereocenters. The zero-order valence-electron chi connectivity index (χ0n) is 9.82. The van der Waals surface area contributed by atoms with Crippen molar-refractivity contribution in [3.63, 3.8) is 0 Å². The lowest BCUT2D eigenvalue weighted by molar-refractivity contribution is -0.129. The summed E-state index contributed by atoms with van der Waals surface area (Å²) in [5.41, 5.74) is 1.01. The summed E-state index contributed by atoms with van der Waals surface area (Å²) in [6.45, 7) is 2.95. The third kappa shape index (κ3) is 4.10. The Morgan fingerprint density at radius 2 is 1.94 bits per heavy atom. The summed E-state index contributed by atoms with van der Waals surface area (Å²) in [7, 11) is 1.61. The van der Waals surface area contributed by atoms with E-state index in [4.69, 9.17) is 27.9 Å². The first-order valence-electron chi connectivity index (χ1n) is 5.28. The molecule has 0 radical (unpaired) electrons. The number of hydrogen-bond donors (Lipinski definition) is 0. The van der Waals surface area contributed by atoms with E-state index in [1.165, 1.54) is 0 Å². The normalized spacial score (nSPS) is 10.4. The van der Waals surface area contributed by atoms with E-state index in [0.717, 1.165) is 11.3 Å². The minimum atomic E-state index is -1.01. The largest absolute Gasteiger partial charge is 0.497 e. The molecule has 0 aliphatic carbocycles. The molecule has 0 spiro atoms. The average molecular weight is 276 g/mol. The van der Waals surface area contributed by atoms with Crippen LogP contribution < -0.4 is 4.74 Å². The molecule has 0 aliphatic heterocycles. The number of benzene rings is 1. The molecule has 3 nitrogen and oxygen atoms in total.